The first kappa shape index (κ1) is 21.7. The van der Waals surface area contributed by atoms with Crippen LogP contribution in [0.15, 0.2) is 70.8 Å². The number of benzene rings is 2. The summed E-state index contributed by atoms with van der Waals surface area (Å²) in [5, 5.41) is 8.68. The van der Waals surface area contributed by atoms with Crippen LogP contribution in [0.3, 0.4) is 0 Å². The third kappa shape index (κ3) is 5.40. The molecule has 2 heterocycles. The van der Waals surface area contributed by atoms with Crippen molar-refractivity contribution < 1.29 is 22.4 Å². The third-order valence-electron chi connectivity index (χ3n) is 5.01. The number of rotatable bonds is 7. The highest BCUT2D eigenvalue weighted by Gasteiger charge is 2.27. The van der Waals surface area contributed by atoms with Gasteiger partial charge in [-0.05, 0) is 35.9 Å². The van der Waals surface area contributed by atoms with Gasteiger partial charge in [0, 0.05) is 37.2 Å². The Labute approximate surface area is 186 Å². The van der Waals surface area contributed by atoms with Crippen molar-refractivity contribution in [1.29, 1.82) is 0 Å². The van der Waals surface area contributed by atoms with E-state index < -0.39 is 10.0 Å². The second kappa shape index (κ2) is 9.75. The molecular weight excluding hydrogens is 432 g/mol. The molecule has 0 unspecified atom stereocenters. The van der Waals surface area contributed by atoms with Crippen LogP contribution in [-0.4, -0.2) is 66.5 Å². The van der Waals surface area contributed by atoms with Gasteiger partial charge in [-0.2, -0.15) is 4.31 Å². The maximum atomic E-state index is 12.6. The molecule has 10 heteroatoms. The van der Waals surface area contributed by atoms with Crippen molar-refractivity contribution in [3.05, 3.63) is 72.0 Å². The lowest BCUT2D eigenvalue weighted by atomic mass is 10.2. The summed E-state index contributed by atoms with van der Waals surface area (Å²) >= 11 is 0. The summed E-state index contributed by atoms with van der Waals surface area (Å²) in [5.74, 6) is 0.746. The number of sulfonamides is 1. The van der Waals surface area contributed by atoms with Crippen LogP contribution in [-0.2, 0) is 14.8 Å². The zero-order valence-electron chi connectivity index (χ0n) is 17.2. The average molecular weight is 455 g/mol. The van der Waals surface area contributed by atoms with Crippen LogP contribution in [0.2, 0.25) is 0 Å². The lowest BCUT2D eigenvalue weighted by Gasteiger charge is -2.33. The van der Waals surface area contributed by atoms with E-state index in [1.165, 1.54) is 16.1 Å². The van der Waals surface area contributed by atoms with Gasteiger partial charge in [-0.25, -0.2) is 8.42 Å². The van der Waals surface area contributed by atoms with E-state index in [1.807, 2.05) is 30.3 Å². The van der Waals surface area contributed by atoms with Crippen molar-refractivity contribution in [3.8, 4) is 17.2 Å². The van der Waals surface area contributed by atoms with Crippen molar-refractivity contribution in [2.75, 3.05) is 32.8 Å². The number of carbonyl (C=O) groups excluding carboxylic acids is 1. The number of hydrogen-bond acceptors (Lipinski definition) is 7. The van der Waals surface area contributed by atoms with Gasteiger partial charge < -0.3 is 14.1 Å². The molecule has 3 aromatic rings. The van der Waals surface area contributed by atoms with E-state index in [1.54, 1.807) is 35.2 Å². The van der Waals surface area contributed by atoms with E-state index >= 15 is 0 Å². The number of ether oxygens (including phenoxy) is 1. The molecule has 0 radical (unpaired) electrons. The molecule has 0 bridgehead atoms. The Morgan fingerprint density at radius 2 is 1.75 bits per heavy atom. The minimum absolute atomic E-state index is 0.124. The molecule has 0 aliphatic carbocycles. The van der Waals surface area contributed by atoms with Crippen molar-refractivity contribution in [3.63, 3.8) is 0 Å². The first-order valence-electron chi connectivity index (χ1n) is 10.0. The van der Waals surface area contributed by atoms with Gasteiger partial charge in [-0.15, -0.1) is 10.2 Å². The van der Waals surface area contributed by atoms with Crippen LogP contribution in [0.25, 0.3) is 17.5 Å². The highest BCUT2D eigenvalue weighted by molar-refractivity contribution is 7.92. The highest BCUT2D eigenvalue weighted by atomic mass is 32.2. The molecule has 32 heavy (non-hydrogen) atoms. The van der Waals surface area contributed by atoms with Crippen LogP contribution < -0.4 is 4.74 Å². The Balaban J connectivity index is 1.26. The Morgan fingerprint density at radius 1 is 1.03 bits per heavy atom. The summed E-state index contributed by atoms with van der Waals surface area (Å²) in [7, 11) is -3.54. The van der Waals surface area contributed by atoms with Gasteiger partial charge in [0.25, 0.3) is 5.91 Å². The summed E-state index contributed by atoms with van der Waals surface area (Å²) < 4.78 is 37.2. The number of carbonyl (C=O) groups is 1. The number of amides is 1. The van der Waals surface area contributed by atoms with Gasteiger partial charge in [0.2, 0.25) is 22.3 Å². The maximum Gasteiger partial charge on any atom is 0.260 e. The number of nitrogens with zero attached hydrogens (tertiary/aromatic N) is 4. The molecule has 1 fully saturated rings. The molecule has 0 saturated carbocycles. The third-order valence-corrected chi connectivity index (χ3v) is 6.57. The molecule has 0 N–H and O–H groups in total. The Hall–Kier alpha value is -3.50. The smallest absolute Gasteiger partial charge is 0.260 e. The zero-order chi connectivity index (χ0) is 22.4. The summed E-state index contributed by atoms with van der Waals surface area (Å²) in [6.07, 6.45) is 2.83. The van der Waals surface area contributed by atoms with Crippen molar-refractivity contribution in [2.24, 2.45) is 0 Å². The Bertz CT molecular complexity index is 1150. The second-order valence-electron chi connectivity index (χ2n) is 7.10. The van der Waals surface area contributed by atoms with Gasteiger partial charge in [0.05, 0.1) is 0 Å². The van der Waals surface area contributed by atoms with Crippen LogP contribution in [0, 0.1) is 0 Å². The molecule has 4 rings (SSSR count). The van der Waals surface area contributed by atoms with E-state index in [0.717, 1.165) is 11.1 Å². The molecule has 1 aliphatic heterocycles. The maximum absolute atomic E-state index is 12.6. The number of piperazine rings is 1. The van der Waals surface area contributed by atoms with Crippen LogP contribution in [0.5, 0.6) is 5.75 Å². The predicted octanol–water partition coefficient (Wildman–Crippen LogP) is 2.26. The first-order valence-corrected chi connectivity index (χ1v) is 11.5. The largest absolute Gasteiger partial charge is 0.484 e. The first-order chi connectivity index (χ1) is 15.5. The van der Waals surface area contributed by atoms with Crippen molar-refractivity contribution >= 4 is 22.0 Å². The van der Waals surface area contributed by atoms with Crippen LogP contribution in [0.1, 0.15) is 5.56 Å². The zero-order valence-corrected chi connectivity index (χ0v) is 18.0. The summed E-state index contributed by atoms with van der Waals surface area (Å²) in [6, 6.07) is 16.2. The minimum atomic E-state index is -3.54. The fraction of sp³-hybridized carbons (Fsp3) is 0.227. The molecule has 0 atom stereocenters. The molecule has 1 aliphatic rings. The normalized spacial score (nSPS) is 15.2. The van der Waals surface area contributed by atoms with Crippen molar-refractivity contribution in [2.45, 2.75) is 0 Å². The molecule has 2 aromatic carbocycles. The van der Waals surface area contributed by atoms with E-state index in [9.17, 15) is 13.2 Å². The van der Waals surface area contributed by atoms with Crippen molar-refractivity contribution in [1.82, 2.24) is 19.4 Å². The molecule has 1 aromatic heterocycles. The van der Waals surface area contributed by atoms with Gasteiger partial charge >= 0.3 is 0 Å². The van der Waals surface area contributed by atoms with Gasteiger partial charge in [0.15, 0.2) is 6.61 Å². The van der Waals surface area contributed by atoms with Crippen LogP contribution in [0.4, 0.5) is 0 Å². The summed E-state index contributed by atoms with van der Waals surface area (Å²) in [4.78, 5) is 14.1. The molecule has 1 saturated heterocycles. The second-order valence-corrected chi connectivity index (χ2v) is 8.91. The fourth-order valence-corrected chi connectivity index (χ4v) is 4.41. The van der Waals surface area contributed by atoms with E-state index in [-0.39, 0.29) is 25.6 Å². The number of hydrogen-bond donors (Lipinski definition) is 0. The minimum Gasteiger partial charge on any atom is -0.484 e. The van der Waals surface area contributed by atoms with E-state index in [2.05, 4.69) is 10.2 Å². The standard InChI is InChI=1S/C22H22N4O5S/c27-21(16-30-20-8-6-19(7-9-20)22-24-23-17-31-22)25-11-13-26(14-12-25)32(28,29)15-10-18-4-2-1-3-5-18/h1-10,15,17H,11-14,16H2/b15-10+. The molecule has 1 amide bonds. The lowest BCUT2D eigenvalue weighted by Crippen LogP contribution is -2.51. The topological polar surface area (TPSA) is 106 Å². The average Bonchev–Trinajstić information content (AvgIpc) is 3.37. The Morgan fingerprint density at radius 3 is 2.41 bits per heavy atom. The van der Waals surface area contributed by atoms with E-state index in [4.69, 9.17) is 9.15 Å². The predicted molar refractivity (Wildman–Crippen MR) is 118 cm³/mol. The molecule has 166 valence electrons. The molecular formula is C22H22N4O5S. The summed E-state index contributed by atoms with van der Waals surface area (Å²) in [6.45, 7) is 0.992. The van der Waals surface area contributed by atoms with Crippen LogP contribution >= 0.6 is 0 Å². The van der Waals surface area contributed by atoms with E-state index in [0.29, 0.717) is 24.7 Å². The van der Waals surface area contributed by atoms with Gasteiger partial charge in [-0.3, -0.25) is 4.79 Å². The Kier molecular flexibility index (Phi) is 6.62. The fourth-order valence-electron chi connectivity index (χ4n) is 3.24. The lowest BCUT2D eigenvalue weighted by molar-refractivity contribution is -0.134. The summed E-state index contributed by atoms with van der Waals surface area (Å²) in [5.41, 5.74) is 1.56. The highest BCUT2D eigenvalue weighted by Crippen LogP contribution is 2.20. The monoisotopic (exact) mass is 454 g/mol. The van der Waals surface area contributed by atoms with Gasteiger partial charge in [-0.1, -0.05) is 30.3 Å². The van der Waals surface area contributed by atoms with Gasteiger partial charge in [0.1, 0.15) is 5.75 Å². The SMILES string of the molecule is O=C(COc1ccc(-c2nnco2)cc1)N1CCN(S(=O)(=O)/C=C/c2ccccc2)CC1. The quantitative estimate of drug-likeness (QED) is 0.539. The molecule has 0 spiro atoms. The molecule has 9 nitrogen and oxygen atoms in total. The number of aromatic nitrogens is 2.